The van der Waals surface area contributed by atoms with Gasteiger partial charge in [-0.25, -0.2) is 4.79 Å². The molecule has 0 aromatic heterocycles. The lowest BCUT2D eigenvalue weighted by Crippen LogP contribution is -2.56. The maximum atomic E-state index is 12.8. The number of halogens is 4. The first-order valence-corrected chi connectivity index (χ1v) is 6.54. The van der Waals surface area contributed by atoms with Crippen LogP contribution in [0, 0.1) is 0 Å². The maximum Gasteiger partial charge on any atom is 0.420 e. The van der Waals surface area contributed by atoms with Crippen LogP contribution in [0.5, 0.6) is 0 Å². The van der Waals surface area contributed by atoms with Gasteiger partial charge in [-0.05, 0) is 19.8 Å². The molecular weight excluding hydrogens is 285 g/mol. The van der Waals surface area contributed by atoms with E-state index in [-0.39, 0.29) is 6.54 Å². The van der Waals surface area contributed by atoms with Crippen molar-refractivity contribution in [2.75, 3.05) is 12.4 Å². The van der Waals surface area contributed by atoms with Gasteiger partial charge in [0.25, 0.3) is 5.91 Å². The Labute approximate surface area is 114 Å². The van der Waals surface area contributed by atoms with Gasteiger partial charge in [-0.15, -0.1) is 11.6 Å². The monoisotopic (exact) mass is 300 g/mol. The fourth-order valence-electron chi connectivity index (χ4n) is 1.81. The van der Waals surface area contributed by atoms with E-state index in [2.05, 4.69) is 0 Å². The van der Waals surface area contributed by atoms with E-state index in [9.17, 15) is 22.8 Å². The van der Waals surface area contributed by atoms with Crippen molar-refractivity contribution < 1.29 is 22.8 Å². The van der Waals surface area contributed by atoms with Crippen LogP contribution in [0.1, 0.15) is 32.6 Å². The highest BCUT2D eigenvalue weighted by atomic mass is 35.5. The fourth-order valence-corrected chi connectivity index (χ4v) is 2.00. The molecule has 0 aromatic rings. The summed E-state index contributed by atoms with van der Waals surface area (Å²) in [5, 5.41) is 1.71. The van der Waals surface area contributed by atoms with Gasteiger partial charge in [-0.3, -0.25) is 9.69 Å². The molecule has 0 saturated carbocycles. The number of rotatable bonds is 6. The Morgan fingerprint density at radius 3 is 2.26 bits per heavy atom. The fraction of sp³-hybridized carbons (Fsp3) is 0.818. The summed E-state index contributed by atoms with van der Waals surface area (Å²) in [4.78, 5) is 23.8. The molecule has 1 aliphatic heterocycles. The highest BCUT2D eigenvalue weighted by Gasteiger charge is 2.64. The largest absolute Gasteiger partial charge is 0.420 e. The van der Waals surface area contributed by atoms with E-state index in [0.717, 1.165) is 12.8 Å². The lowest BCUT2D eigenvalue weighted by Gasteiger charge is -2.24. The molecule has 1 heterocycles. The molecule has 3 amide bonds. The minimum Gasteiger partial charge on any atom is -0.316 e. The van der Waals surface area contributed by atoms with Crippen LogP contribution in [0.15, 0.2) is 0 Å². The summed E-state index contributed by atoms with van der Waals surface area (Å²) in [7, 11) is 0. The van der Waals surface area contributed by atoms with E-state index in [1.54, 1.807) is 5.32 Å². The van der Waals surface area contributed by atoms with Crippen molar-refractivity contribution >= 4 is 23.5 Å². The van der Waals surface area contributed by atoms with Crippen LogP contribution in [-0.2, 0) is 4.79 Å². The lowest BCUT2D eigenvalue weighted by atomic mass is 10.0. The Bertz CT molecular complexity index is 362. The molecule has 1 rings (SSSR count). The number of hydrogen-bond acceptors (Lipinski definition) is 2. The summed E-state index contributed by atoms with van der Waals surface area (Å²) >= 11 is 5.49. The van der Waals surface area contributed by atoms with E-state index in [1.165, 1.54) is 0 Å². The van der Waals surface area contributed by atoms with E-state index in [0.29, 0.717) is 30.5 Å². The first-order chi connectivity index (χ1) is 8.74. The zero-order valence-electron chi connectivity index (χ0n) is 10.5. The molecule has 1 saturated heterocycles. The molecule has 19 heavy (non-hydrogen) atoms. The van der Waals surface area contributed by atoms with Crippen molar-refractivity contribution in [2.45, 2.75) is 44.3 Å². The van der Waals surface area contributed by atoms with Crippen molar-refractivity contribution in [3.8, 4) is 0 Å². The predicted octanol–water partition coefficient (Wildman–Crippen LogP) is 2.66. The van der Waals surface area contributed by atoms with Gasteiger partial charge in [-0.1, -0.05) is 12.8 Å². The standard InChI is InChI=1S/C11H16ClF3N2O2/c1-10(11(13,14)15)8(18)17(9(19)16-10)7-5-3-2-4-6-12/h2-7H2,1H3,(H,16,19). The summed E-state index contributed by atoms with van der Waals surface area (Å²) in [6.45, 7) is 0.680. The summed E-state index contributed by atoms with van der Waals surface area (Å²) < 4.78 is 38.3. The highest BCUT2D eigenvalue weighted by molar-refractivity contribution is 6.17. The van der Waals surface area contributed by atoms with Crippen LogP contribution in [0.2, 0.25) is 0 Å². The second-order valence-corrected chi connectivity index (χ2v) is 4.99. The predicted molar refractivity (Wildman–Crippen MR) is 63.9 cm³/mol. The molecule has 1 atom stereocenters. The quantitative estimate of drug-likeness (QED) is 0.466. The van der Waals surface area contributed by atoms with Crippen molar-refractivity contribution in [2.24, 2.45) is 0 Å². The topological polar surface area (TPSA) is 49.4 Å². The van der Waals surface area contributed by atoms with Crippen molar-refractivity contribution in [1.29, 1.82) is 0 Å². The van der Waals surface area contributed by atoms with Crippen LogP contribution >= 0.6 is 11.6 Å². The van der Waals surface area contributed by atoms with Crippen LogP contribution in [-0.4, -0.2) is 41.0 Å². The van der Waals surface area contributed by atoms with Gasteiger partial charge >= 0.3 is 12.2 Å². The Morgan fingerprint density at radius 1 is 1.21 bits per heavy atom. The molecule has 8 heteroatoms. The van der Waals surface area contributed by atoms with Gasteiger partial charge in [0.05, 0.1) is 0 Å². The van der Waals surface area contributed by atoms with Crippen LogP contribution < -0.4 is 5.32 Å². The normalized spacial score (nSPS) is 23.9. The number of nitrogens with one attached hydrogen (secondary N) is 1. The Morgan fingerprint density at radius 2 is 1.79 bits per heavy atom. The van der Waals surface area contributed by atoms with Gasteiger partial charge in [-0.2, -0.15) is 13.2 Å². The van der Waals surface area contributed by atoms with E-state index in [1.807, 2.05) is 0 Å². The number of carbonyl (C=O) groups is 2. The summed E-state index contributed by atoms with van der Waals surface area (Å²) in [6.07, 6.45) is -1.98. The molecule has 0 radical (unpaired) electrons. The number of hydrogen-bond donors (Lipinski definition) is 1. The SMILES string of the molecule is CC1(C(F)(F)F)NC(=O)N(CCCCCCCl)C1=O. The van der Waals surface area contributed by atoms with E-state index >= 15 is 0 Å². The zero-order valence-corrected chi connectivity index (χ0v) is 11.3. The van der Waals surface area contributed by atoms with Crippen molar-refractivity contribution in [1.82, 2.24) is 10.2 Å². The van der Waals surface area contributed by atoms with E-state index in [4.69, 9.17) is 11.6 Å². The number of alkyl halides is 4. The maximum absolute atomic E-state index is 12.8. The van der Waals surface area contributed by atoms with Gasteiger partial charge in [0, 0.05) is 12.4 Å². The highest BCUT2D eigenvalue weighted by Crippen LogP contribution is 2.35. The zero-order chi connectivity index (χ0) is 14.7. The van der Waals surface area contributed by atoms with E-state index < -0.39 is 23.7 Å². The molecule has 110 valence electrons. The minimum absolute atomic E-state index is 0.00137. The molecule has 0 aliphatic carbocycles. The first kappa shape index (κ1) is 16.1. The van der Waals surface area contributed by atoms with Crippen LogP contribution in [0.25, 0.3) is 0 Å². The third-order valence-electron chi connectivity index (χ3n) is 3.11. The summed E-state index contributed by atoms with van der Waals surface area (Å²) in [5.74, 6) is -0.711. The summed E-state index contributed by atoms with van der Waals surface area (Å²) in [6, 6.07) is -0.984. The third-order valence-corrected chi connectivity index (χ3v) is 3.37. The molecule has 1 aliphatic rings. The van der Waals surface area contributed by atoms with Crippen molar-refractivity contribution in [3.05, 3.63) is 0 Å². The molecule has 0 aromatic carbocycles. The number of urea groups is 1. The van der Waals surface area contributed by atoms with Gasteiger partial charge < -0.3 is 5.32 Å². The van der Waals surface area contributed by atoms with Gasteiger partial charge in [0.2, 0.25) is 5.54 Å². The number of carbonyl (C=O) groups excluding carboxylic acids is 2. The molecule has 1 N–H and O–H groups in total. The third kappa shape index (κ3) is 3.32. The smallest absolute Gasteiger partial charge is 0.316 e. The Balaban J connectivity index is 2.57. The number of imide groups is 1. The molecule has 4 nitrogen and oxygen atoms in total. The Hall–Kier alpha value is -0.980. The van der Waals surface area contributed by atoms with Crippen LogP contribution in [0.4, 0.5) is 18.0 Å². The van der Waals surface area contributed by atoms with Crippen molar-refractivity contribution in [3.63, 3.8) is 0 Å². The summed E-state index contributed by atoms with van der Waals surface area (Å²) in [5.41, 5.74) is -2.81. The van der Waals surface area contributed by atoms with Crippen LogP contribution in [0.3, 0.4) is 0 Å². The average molecular weight is 301 g/mol. The first-order valence-electron chi connectivity index (χ1n) is 6.01. The molecule has 1 unspecified atom stereocenters. The number of unbranched alkanes of at least 4 members (excludes halogenated alkanes) is 3. The number of nitrogens with zero attached hydrogens (tertiary/aromatic N) is 1. The minimum atomic E-state index is -4.80. The molecule has 1 fully saturated rings. The Kier molecular flexibility index (Phi) is 5.06. The average Bonchev–Trinajstić information content (AvgIpc) is 2.52. The molecule has 0 bridgehead atoms. The second-order valence-electron chi connectivity index (χ2n) is 4.61. The number of amides is 3. The molecule has 0 spiro atoms. The van der Waals surface area contributed by atoms with Gasteiger partial charge in [0.1, 0.15) is 0 Å². The second kappa shape index (κ2) is 5.98. The van der Waals surface area contributed by atoms with Gasteiger partial charge in [0.15, 0.2) is 0 Å². The lowest BCUT2D eigenvalue weighted by molar-refractivity contribution is -0.191. The molecular formula is C11H16ClF3N2O2.